The van der Waals surface area contributed by atoms with Crippen LogP contribution in [-0.2, 0) is 4.79 Å². The number of aromatic amines is 1. The third-order valence-electron chi connectivity index (χ3n) is 3.53. The minimum absolute atomic E-state index is 0.375. The summed E-state index contributed by atoms with van der Waals surface area (Å²) >= 11 is 0. The molecule has 0 bridgehead atoms. The molecule has 1 unspecified atom stereocenters. The number of furan rings is 1. The predicted molar refractivity (Wildman–Crippen MR) is 87.3 cm³/mol. The fraction of sp³-hybridized carbons (Fsp3) is 0.118. The van der Waals surface area contributed by atoms with E-state index < -0.39 is 6.04 Å². The maximum atomic E-state index is 12.6. The Morgan fingerprint density at radius 3 is 2.58 bits per heavy atom. The molecule has 3 N–H and O–H groups in total. The van der Waals surface area contributed by atoms with Crippen LogP contribution in [0.25, 0.3) is 0 Å². The maximum absolute atomic E-state index is 12.6. The van der Waals surface area contributed by atoms with Crippen molar-refractivity contribution in [1.82, 2.24) is 15.5 Å². The zero-order chi connectivity index (χ0) is 16.9. The zero-order valence-corrected chi connectivity index (χ0v) is 12.9. The molecule has 7 heteroatoms. The summed E-state index contributed by atoms with van der Waals surface area (Å²) in [5.41, 5.74) is 1.06. The lowest BCUT2D eigenvalue weighted by Crippen LogP contribution is -2.37. The topological polar surface area (TPSA) is 100 Å². The average molecular weight is 324 g/mol. The molecule has 2 amide bonds. The summed E-state index contributed by atoms with van der Waals surface area (Å²) in [5.74, 6) is 0.192. The first-order valence-corrected chi connectivity index (χ1v) is 7.35. The highest BCUT2D eigenvalue weighted by Gasteiger charge is 2.24. The van der Waals surface area contributed by atoms with Crippen LogP contribution in [0, 0.1) is 6.92 Å². The van der Waals surface area contributed by atoms with Crippen LogP contribution in [0.2, 0.25) is 0 Å². The Bertz CT molecular complexity index is 825. The molecular formula is C17H16N4O3. The first-order chi connectivity index (χ1) is 11.6. The molecule has 3 rings (SSSR count). The van der Waals surface area contributed by atoms with Gasteiger partial charge in [-0.1, -0.05) is 30.3 Å². The van der Waals surface area contributed by atoms with E-state index in [1.165, 1.54) is 12.5 Å². The Hall–Kier alpha value is -3.35. The van der Waals surface area contributed by atoms with Crippen LogP contribution in [0.3, 0.4) is 0 Å². The second kappa shape index (κ2) is 6.82. The lowest BCUT2D eigenvalue weighted by Gasteiger charge is -2.18. The largest absolute Gasteiger partial charge is 0.469 e. The Labute approximate surface area is 138 Å². The number of aryl methyl sites for hydroxylation is 1. The molecule has 2 heterocycles. The number of nitrogens with zero attached hydrogens (tertiary/aromatic N) is 1. The molecule has 1 atom stereocenters. The number of aromatic nitrogens is 2. The number of anilines is 1. The van der Waals surface area contributed by atoms with Gasteiger partial charge in [0.15, 0.2) is 0 Å². The van der Waals surface area contributed by atoms with E-state index in [2.05, 4.69) is 20.8 Å². The molecule has 3 aromatic rings. The number of hydrogen-bond acceptors (Lipinski definition) is 4. The minimum Gasteiger partial charge on any atom is -0.469 e. The highest BCUT2D eigenvalue weighted by atomic mass is 16.3. The number of carbonyl (C=O) groups excluding carboxylic acids is 2. The van der Waals surface area contributed by atoms with Crippen molar-refractivity contribution in [2.75, 3.05) is 5.32 Å². The molecule has 0 aliphatic heterocycles. The van der Waals surface area contributed by atoms with E-state index in [0.29, 0.717) is 22.7 Å². The van der Waals surface area contributed by atoms with Crippen molar-refractivity contribution < 1.29 is 14.0 Å². The monoisotopic (exact) mass is 324 g/mol. The number of hydrogen-bond donors (Lipinski definition) is 3. The van der Waals surface area contributed by atoms with Gasteiger partial charge in [0, 0.05) is 6.07 Å². The number of nitrogens with one attached hydrogen (secondary N) is 3. The van der Waals surface area contributed by atoms with Gasteiger partial charge in [0.1, 0.15) is 17.6 Å². The highest BCUT2D eigenvalue weighted by Crippen LogP contribution is 2.17. The third-order valence-corrected chi connectivity index (χ3v) is 3.53. The van der Waals surface area contributed by atoms with Crippen molar-refractivity contribution in [2.45, 2.75) is 13.0 Å². The fourth-order valence-corrected chi connectivity index (χ4v) is 2.31. The SMILES string of the molecule is Cc1occc1C(=O)NC(C(=O)Nc1ccn[nH]1)c1ccccc1. The van der Waals surface area contributed by atoms with Gasteiger partial charge in [-0.25, -0.2) is 0 Å². The zero-order valence-electron chi connectivity index (χ0n) is 12.9. The molecule has 0 aliphatic carbocycles. The van der Waals surface area contributed by atoms with Crippen LogP contribution in [-0.4, -0.2) is 22.0 Å². The first-order valence-electron chi connectivity index (χ1n) is 7.35. The second-order valence-electron chi connectivity index (χ2n) is 5.17. The van der Waals surface area contributed by atoms with Gasteiger partial charge < -0.3 is 15.1 Å². The van der Waals surface area contributed by atoms with Gasteiger partial charge in [-0.2, -0.15) is 5.10 Å². The standard InChI is InChI=1S/C17H16N4O3/c1-11-13(8-10-24-11)16(22)20-15(12-5-3-2-4-6-12)17(23)19-14-7-9-18-21-14/h2-10,15H,1H3,(H,20,22)(H2,18,19,21,23). The Morgan fingerprint density at radius 2 is 1.96 bits per heavy atom. The van der Waals surface area contributed by atoms with Crippen molar-refractivity contribution in [3.8, 4) is 0 Å². The summed E-state index contributed by atoms with van der Waals surface area (Å²) in [5, 5.41) is 11.9. The molecule has 122 valence electrons. The summed E-state index contributed by atoms with van der Waals surface area (Å²) in [7, 11) is 0. The van der Waals surface area contributed by atoms with Crippen LogP contribution < -0.4 is 10.6 Å². The summed E-state index contributed by atoms with van der Waals surface area (Å²) < 4.78 is 5.14. The molecule has 0 saturated carbocycles. The van der Waals surface area contributed by atoms with E-state index >= 15 is 0 Å². The van der Waals surface area contributed by atoms with Gasteiger partial charge in [-0.3, -0.25) is 14.7 Å². The molecule has 0 radical (unpaired) electrons. The minimum atomic E-state index is -0.851. The number of rotatable bonds is 5. The Kier molecular flexibility index (Phi) is 4.42. The molecular weight excluding hydrogens is 308 g/mol. The van der Waals surface area contributed by atoms with E-state index in [1.54, 1.807) is 43.3 Å². The average Bonchev–Trinajstić information content (AvgIpc) is 3.24. The number of carbonyl (C=O) groups is 2. The number of H-pyrrole nitrogens is 1. The molecule has 0 saturated heterocycles. The normalized spacial score (nSPS) is 11.7. The summed E-state index contributed by atoms with van der Waals surface area (Å²) in [6, 6.07) is 11.4. The van der Waals surface area contributed by atoms with Crippen molar-refractivity contribution in [3.05, 3.63) is 71.8 Å². The van der Waals surface area contributed by atoms with Gasteiger partial charge in [0.2, 0.25) is 0 Å². The van der Waals surface area contributed by atoms with Gasteiger partial charge in [0.05, 0.1) is 18.0 Å². The quantitative estimate of drug-likeness (QED) is 0.671. The van der Waals surface area contributed by atoms with E-state index in [9.17, 15) is 9.59 Å². The van der Waals surface area contributed by atoms with E-state index in [0.717, 1.165) is 0 Å². The molecule has 0 spiro atoms. The van der Waals surface area contributed by atoms with Crippen molar-refractivity contribution in [3.63, 3.8) is 0 Å². The van der Waals surface area contributed by atoms with Crippen molar-refractivity contribution >= 4 is 17.6 Å². The van der Waals surface area contributed by atoms with Gasteiger partial charge in [0.25, 0.3) is 11.8 Å². The van der Waals surface area contributed by atoms with Gasteiger partial charge >= 0.3 is 0 Å². The number of benzene rings is 1. The molecule has 0 aliphatic rings. The van der Waals surface area contributed by atoms with Crippen molar-refractivity contribution in [1.29, 1.82) is 0 Å². The van der Waals surface area contributed by atoms with E-state index in [4.69, 9.17) is 4.42 Å². The molecule has 2 aromatic heterocycles. The smallest absolute Gasteiger partial charge is 0.255 e. The second-order valence-corrected chi connectivity index (χ2v) is 5.17. The molecule has 7 nitrogen and oxygen atoms in total. The van der Waals surface area contributed by atoms with Crippen LogP contribution in [0.1, 0.15) is 27.7 Å². The van der Waals surface area contributed by atoms with Crippen LogP contribution in [0.15, 0.2) is 59.3 Å². The maximum Gasteiger partial charge on any atom is 0.255 e. The number of amides is 2. The van der Waals surface area contributed by atoms with Crippen LogP contribution >= 0.6 is 0 Å². The first kappa shape index (κ1) is 15.5. The van der Waals surface area contributed by atoms with Crippen molar-refractivity contribution in [2.24, 2.45) is 0 Å². The highest BCUT2D eigenvalue weighted by molar-refractivity contribution is 6.01. The van der Waals surface area contributed by atoms with Gasteiger partial charge in [-0.15, -0.1) is 0 Å². The lowest BCUT2D eigenvalue weighted by molar-refractivity contribution is -0.118. The fourth-order valence-electron chi connectivity index (χ4n) is 2.31. The van der Waals surface area contributed by atoms with E-state index in [-0.39, 0.29) is 11.8 Å². The van der Waals surface area contributed by atoms with Gasteiger partial charge in [-0.05, 0) is 18.6 Å². The lowest BCUT2D eigenvalue weighted by atomic mass is 10.1. The van der Waals surface area contributed by atoms with E-state index in [1.807, 2.05) is 6.07 Å². The summed E-state index contributed by atoms with van der Waals surface area (Å²) in [6.45, 7) is 1.69. The molecule has 24 heavy (non-hydrogen) atoms. The van der Waals surface area contributed by atoms with Crippen LogP contribution in [0.5, 0.6) is 0 Å². The summed E-state index contributed by atoms with van der Waals surface area (Å²) in [6.07, 6.45) is 2.97. The summed E-state index contributed by atoms with van der Waals surface area (Å²) in [4.78, 5) is 25.0. The molecule has 1 aromatic carbocycles. The molecule has 0 fully saturated rings. The Morgan fingerprint density at radius 1 is 1.17 bits per heavy atom. The Balaban J connectivity index is 1.84. The van der Waals surface area contributed by atoms with Crippen LogP contribution in [0.4, 0.5) is 5.82 Å². The third kappa shape index (κ3) is 3.35. The predicted octanol–water partition coefficient (Wildman–Crippen LogP) is 2.42.